The molecule has 2 amide bonds. The third-order valence-corrected chi connectivity index (χ3v) is 4.92. The standard InChI is InChI=1S/C27H42N4O8/c1-3-15-38-26(34)30-13-5-9-28-11-7-17-36-23-19-22(25(32)33)20-24(21-23)37-18-8-12-29-10-6-14-31-27(35)39-16-4-2/h3-4,19-21,28-29H,1-2,5-18H2,(H,30,34)(H,31,35)(H,32,33). The Balaban J connectivity index is 2.19. The molecule has 0 unspecified atom stereocenters. The molecule has 1 aromatic carbocycles. The van der Waals surface area contributed by atoms with Gasteiger partial charge in [-0.2, -0.15) is 0 Å². The van der Waals surface area contributed by atoms with Gasteiger partial charge in [-0.05, 0) is 64.0 Å². The van der Waals surface area contributed by atoms with Crippen LogP contribution in [0.1, 0.15) is 36.0 Å². The topological polar surface area (TPSA) is 156 Å². The summed E-state index contributed by atoms with van der Waals surface area (Å²) in [5.74, 6) is -0.189. The predicted octanol–water partition coefficient (Wildman–Crippen LogP) is 2.71. The molecule has 12 heteroatoms. The molecule has 0 aliphatic rings. The molecule has 0 aromatic heterocycles. The summed E-state index contributed by atoms with van der Waals surface area (Å²) in [4.78, 5) is 34.1. The zero-order valence-electron chi connectivity index (χ0n) is 22.5. The first kappa shape index (κ1) is 33.3. The van der Waals surface area contributed by atoms with Gasteiger partial charge in [0, 0.05) is 19.2 Å². The highest BCUT2D eigenvalue weighted by atomic mass is 16.6. The van der Waals surface area contributed by atoms with Crippen LogP contribution in [0, 0.1) is 0 Å². The molecule has 0 bridgehead atoms. The van der Waals surface area contributed by atoms with E-state index in [-0.39, 0.29) is 18.8 Å². The van der Waals surface area contributed by atoms with Crippen LogP contribution in [0.2, 0.25) is 0 Å². The molecule has 0 saturated heterocycles. The quantitative estimate of drug-likeness (QED) is 0.101. The first-order valence-corrected chi connectivity index (χ1v) is 13.0. The number of amides is 2. The number of nitrogens with one attached hydrogen (secondary N) is 4. The summed E-state index contributed by atoms with van der Waals surface area (Å²) in [7, 11) is 0. The van der Waals surface area contributed by atoms with E-state index >= 15 is 0 Å². The number of hydrogen-bond acceptors (Lipinski definition) is 9. The first-order valence-electron chi connectivity index (χ1n) is 13.0. The smallest absolute Gasteiger partial charge is 0.407 e. The van der Waals surface area contributed by atoms with Gasteiger partial charge in [0.1, 0.15) is 24.7 Å². The van der Waals surface area contributed by atoms with E-state index in [0.717, 1.165) is 38.8 Å². The van der Waals surface area contributed by atoms with Crippen molar-refractivity contribution in [2.75, 3.05) is 65.7 Å². The number of alkyl carbamates (subject to hydrolysis) is 2. The summed E-state index contributed by atoms with van der Waals surface area (Å²) in [5.41, 5.74) is 0.0944. The summed E-state index contributed by atoms with van der Waals surface area (Å²) in [6.45, 7) is 12.0. The van der Waals surface area contributed by atoms with E-state index in [1.807, 2.05) is 0 Å². The molecule has 0 aliphatic carbocycles. The molecule has 0 aliphatic heterocycles. The second kappa shape index (κ2) is 22.2. The van der Waals surface area contributed by atoms with Gasteiger partial charge in [-0.1, -0.05) is 25.3 Å². The van der Waals surface area contributed by atoms with Gasteiger partial charge in [0.15, 0.2) is 0 Å². The molecule has 1 aromatic rings. The van der Waals surface area contributed by atoms with Crippen molar-refractivity contribution in [3.8, 4) is 11.5 Å². The fourth-order valence-corrected chi connectivity index (χ4v) is 3.07. The first-order chi connectivity index (χ1) is 19.0. The van der Waals surface area contributed by atoms with E-state index in [4.69, 9.17) is 18.9 Å². The van der Waals surface area contributed by atoms with Crippen molar-refractivity contribution in [1.29, 1.82) is 0 Å². The fraction of sp³-hybridized carbons (Fsp3) is 0.519. The minimum absolute atomic E-state index is 0.0944. The second-order valence-electron chi connectivity index (χ2n) is 8.24. The van der Waals surface area contributed by atoms with Gasteiger partial charge in [-0.25, -0.2) is 14.4 Å². The molecule has 0 saturated carbocycles. The van der Waals surface area contributed by atoms with Crippen LogP contribution < -0.4 is 30.7 Å². The van der Waals surface area contributed by atoms with Crippen LogP contribution in [-0.4, -0.2) is 89.0 Å². The van der Waals surface area contributed by atoms with Crippen LogP contribution in [-0.2, 0) is 9.47 Å². The average Bonchev–Trinajstić information content (AvgIpc) is 2.92. The summed E-state index contributed by atoms with van der Waals surface area (Å²) in [6, 6.07) is 4.63. The Morgan fingerprint density at radius 1 is 0.692 bits per heavy atom. The van der Waals surface area contributed by atoms with Gasteiger partial charge in [0.2, 0.25) is 0 Å². The lowest BCUT2D eigenvalue weighted by molar-refractivity contribution is 0.0695. The van der Waals surface area contributed by atoms with Gasteiger partial charge >= 0.3 is 18.2 Å². The number of rotatable bonds is 23. The Hall–Kier alpha value is -3.77. The molecular weight excluding hydrogens is 508 g/mol. The van der Waals surface area contributed by atoms with Gasteiger partial charge in [-0.3, -0.25) is 0 Å². The van der Waals surface area contributed by atoms with E-state index in [1.165, 1.54) is 24.3 Å². The Kier molecular flexibility index (Phi) is 19.0. The monoisotopic (exact) mass is 550 g/mol. The lowest BCUT2D eigenvalue weighted by Gasteiger charge is -2.12. The van der Waals surface area contributed by atoms with Gasteiger partial charge < -0.3 is 45.3 Å². The van der Waals surface area contributed by atoms with Crippen LogP contribution in [0.4, 0.5) is 9.59 Å². The van der Waals surface area contributed by atoms with Gasteiger partial charge in [0.25, 0.3) is 0 Å². The van der Waals surface area contributed by atoms with Crippen LogP contribution in [0.15, 0.2) is 43.5 Å². The predicted molar refractivity (Wildman–Crippen MR) is 148 cm³/mol. The SMILES string of the molecule is C=CCOC(=O)NCCCNCCCOc1cc(OCCCNCCCNC(=O)OCC=C)cc(C(=O)O)c1. The van der Waals surface area contributed by atoms with Crippen LogP contribution in [0.5, 0.6) is 11.5 Å². The van der Waals surface area contributed by atoms with Gasteiger partial charge in [0.05, 0.1) is 18.8 Å². The van der Waals surface area contributed by atoms with E-state index in [0.29, 0.717) is 50.9 Å². The summed E-state index contributed by atoms with van der Waals surface area (Å²) in [6.07, 6.45) is 5.05. The largest absolute Gasteiger partial charge is 0.493 e. The number of carboxylic acid groups (broad SMARTS) is 1. The molecule has 0 radical (unpaired) electrons. The summed E-state index contributed by atoms with van der Waals surface area (Å²) >= 11 is 0. The molecule has 0 atom stereocenters. The maximum absolute atomic E-state index is 11.5. The zero-order valence-corrected chi connectivity index (χ0v) is 22.5. The average molecular weight is 551 g/mol. The van der Waals surface area contributed by atoms with E-state index in [1.54, 1.807) is 6.07 Å². The highest BCUT2D eigenvalue weighted by molar-refractivity contribution is 5.88. The number of carbonyl (C=O) groups excluding carboxylic acids is 2. The highest BCUT2D eigenvalue weighted by Crippen LogP contribution is 2.23. The molecule has 1 rings (SSSR count). The Morgan fingerprint density at radius 2 is 1.13 bits per heavy atom. The molecule has 5 N–H and O–H groups in total. The molecule has 0 fully saturated rings. The number of carbonyl (C=O) groups is 3. The Labute approximate surface area is 230 Å². The highest BCUT2D eigenvalue weighted by Gasteiger charge is 2.09. The van der Waals surface area contributed by atoms with Crippen molar-refractivity contribution < 1.29 is 38.4 Å². The van der Waals surface area contributed by atoms with Crippen LogP contribution in [0.3, 0.4) is 0 Å². The number of hydrogen-bond donors (Lipinski definition) is 5. The molecule has 39 heavy (non-hydrogen) atoms. The summed E-state index contributed by atoms with van der Waals surface area (Å²) < 4.78 is 21.1. The molecule has 12 nitrogen and oxygen atoms in total. The Morgan fingerprint density at radius 3 is 1.54 bits per heavy atom. The molecule has 218 valence electrons. The van der Waals surface area contributed by atoms with Crippen molar-refractivity contribution >= 4 is 18.2 Å². The summed E-state index contributed by atoms with van der Waals surface area (Å²) in [5, 5.41) is 21.2. The number of aromatic carboxylic acids is 1. The fourth-order valence-electron chi connectivity index (χ4n) is 3.07. The van der Waals surface area contributed by atoms with Crippen molar-refractivity contribution in [3.63, 3.8) is 0 Å². The number of ether oxygens (including phenoxy) is 4. The maximum atomic E-state index is 11.5. The number of carboxylic acids is 1. The van der Waals surface area contributed by atoms with Crippen LogP contribution >= 0.6 is 0 Å². The van der Waals surface area contributed by atoms with Crippen LogP contribution in [0.25, 0.3) is 0 Å². The van der Waals surface area contributed by atoms with E-state index in [2.05, 4.69) is 34.4 Å². The Bertz CT molecular complexity index is 821. The van der Waals surface area contributed by atoms with Crippen molar-refractivity contribution in [2.45, 2.75) is 25.7 Å². The van der Waals surface area contributed by atoms with Crippen molar-refractivity contribution in [3.05, 3.63) is 49.1 Å². The van der Waals surface area contributed by atoms with E-state index < -0.39 is 18.2 Å². The zero-order chi connectivity index (χ0) is 28.6. The molecule has 0 spiro atoms. The number of benzene rings is 1. The lowest BCUT2D eigenvalue weighted by Crippen LogP contribution is -2.28. The second-order valence-corrected chi connectivity index (χ2v) is 8.24. The van der Waals surface area contributed by atoms with Crippen molar-refractivity contribution in [2.24, 2.45) is 0 Å². The third kappa shape index (κ3) is 18.2. The van der Waals surface area contributed by atoms with Gasteiger partial charge in [-0.15, -0.1) is 0 Å². The van der Waals surface area contributed by atoms with Crippen molar-refractivity contribution in [1.82, 2.24) is 21.3 Å². The minimum Gasteiger partial charge on any atom is -0.493 e. The normalized spacial score (nSPS) is 10.3. The minimum atomic E-state index is -1.06. The molecule has 0 heterocycles. The third-order valence-electron chi connectivity index (χ3n) is 4.92. The lowest BCUT2D eigenvalue weighted by atomic mass is 10.2. The molecular formula is C27H42N4O8. The maximum Gasteiger partial charge on any atom is 0.407 e. The van der Waals surface area contributed by atoms with E-state index in [9.17, 15) is 19.5 Å².